The van der Waals surface area contributed by atoms with E-state index in [1.54, 1.807) is 0 Å². The van der Waals surface area contributed by atoms with Gasteiger partial charge in [-0.3, -0.25) is 0 Å². The van der Waals surface area contributed by atoms with Gasteiger partial charge < -0.3 is 9.80 Å². The molecule has 0 saturated heterocycles. The van der Waals surface area contributed by atoms with Gasteiger partial charge in [0, 0.05) is 34.0 Å². The van der Waals surface area contributed by atoms with Gasteiger partial charge in [-0.05, 0) is 83.1 Å². The molecule has 0 spiro atoms. The van der Waals surface area contributed by atoms with Crippen molar-refractivity contribution < 1.29 is 0 Å². The minimum absolute atomic E-state index is 1.11. The number of hydrogen-bond acceptors (Lipinski definition) is 2. The zero-order valence-electron chi connectivity index (χ0n) is 23.2. The van der Waals surface area contributed by atoms with E-state index in [2.05, 4.69) is 192 Å². The standard InChI is InChI=1S/C40H30N2/c1-5-16-33(17-6-1)41(34-18-7-2-8-19-34)37-28-25-32(26-29-37)40-38-24-14-13-15-31(38)27-30-39(40)42(35-20-9-3-10-21-35)36-22-11-4-12-23-36/h1-30H. The highest BCUT2D eigenvalue weighted by Crippen LogP contribution is 2.45. The Morgan fingerprint density at radius 3 is 1.19 bits per heavy atom. The highest BCUT2D eigenvalue weighted by Gasteiger charge is 2.20. The third-order valence-electron chi connectivity index (χ3n) is 7.62. The van der Waals surface area contributed by atoms with Gasteiger partial charge in [0.15, 0.2) is 0 Å². The molecule has 0 saturated carbocycles. The first-order valence-electron chi connectivity index (χ1n) is 14.3. The van der Waals surface area contributed by atoms with Crippen molar-refractivity contribution in [2.75, 3.05) is 9.80 Å². The number of fused-ring (bicyclic) bond motifs is 1. The zero-order valence-corrected chi connectivity index (χ0v) is 23.2. The molecule has 200 valence electrons. The van der Waals surface area contributed by atoms with Crippen molar-refractivity contribution >= 4 is 44.9 Å². The lowest BCUT2D eigenvalue weighted by Gasteiger charge is -2.29. The number of benzene rings is 7. The quantitative estimate of drug-likeness (QED) is 0.199. The first-order valence-corrected chi connectivity index (χ1v) is 14.3. The second-order valence-corrected chi connectivity index (χ2v) is 10.2. The minimum atomic E-state index is 1.11. The molecule has 0 atom stereocenters. The van der Waals surface area contributed by atoms with E-state index in [0.29, 0.717) is 0 Å². The van der Waals surface area contributed by atoms with Crippen LogP contribution in [0.15, 0.2) is 182 Å². The van der Waals surface area contributed by atoms with Gasteiger partial charge in [-0.2, -0.15) is 0 Å². The van der Waals surface area contributed by atoms with Crippen LogP contribution in [0, 0.1) is 0 Å². The highest BCUT2D eigenvalue weighted by atomic mass is 15.1. The third kappa shape index (κ3) is 4.91. The third-order valence-corrected chi connectivity index (χ3v) is 7.62. The molecule has 0 fully saturated rings. The molecule has 0 unspecified atom stereocenters. The number of nitrogens with zero attached hydrogens (tertiary/aromatic N) is 2. The van der Waals surface area contributed by atoms with E-state index in [0.717, 1.165) is 34.1 Å². The molecule has 42 heavy (non-hydrogen) atoms. The summed E-state index contributed by atoms with van der Waals surface area (Å²) in [5.74, 6) is 0. The maximum absolute atomic E-state index is 2.36. The van der Waals surface area contributed by atoms with Crippen LogP contribution in [-0.4, -0.2) is 0 Å². The molecule has 7 aromatic rings. The molecule has 0 aliphatic carbocycles. The fourth-order valence-corrected chi connectivity index (χ4v) is 5.71. The molecule has 0 N–H and O–H groups in total. The Morgan fingerprint density at radius 1 is 0.286 bits per heavy atom. The summed E-state index contributed by atoms with van der Waals surface area (Å²) in [6.07, 6.45) is 0. The van der Waals surface area contributed by atoms with E-state index >= 15 is 0 Å². The normalized spacial score (nSPS) is 10.9. The van der Waals surface area contributed by atoms with E-state index in [4.69, 9.17) is 0 Å². The van der Waals surface area contributed by atoms with E-state index in [9.17, 15) is 0 Å². The van der Waals surface area contributed by atoms with E-state index in [-0.39, 0.29) is 0 Å². The molecule has 0 aromatic heterocycles. The molecule has 7 rings (SSSR count). The smallest absolute Gasteiger partial charge is 0.0546 e. The van der Waals surface area contributed by atoms with Crippen molar-refractivity contribution in [3.63, 3.8) is 0 Å². The van der Waals surface area contributed by atoms with Gasteiger partial charge in [-0.15, -0.1) is 0 Å². The molecule has 0 amide bonds. The topological polar surface area (TPSA) is 6.48 Å². The Kier molecular flexibility index (Phi) is 6.94. The molecule has 0 aliphatic rings. The van der Waals surface area contributed by atoms with Crippen molar-refractivity contribution in [1.82, 2.24) is 0 Å². The fourth-order valence-electron chi connectivity index (χ4n) is 5.71. The van der Waals surface area contributed by atoms with Gasteiger partial charge in [-0.25, -0.2) is 0 Å². The van der Waals surface area contributed by atoms with Gasteiger partial charge in [0.2, 0.25) is 0 Å². The zero-order chi connectivity index (χ0) is 28.1. The summed E-state index contributed by atoms with van der Waals surface area (Å²) >= 11 is 0. The molecule has 7 aromatic carbocycles. The van der Waals surface area contributed by atoms with Crippen LogP contribution >= 0.6 is 0 Å². The van der Waals surface area contributed by atoms with Gasteiger partial charge in [-0.1, -0.05) is 115 Å². The first kappa shape index (κ1) is 25.4. The van der Waals surface area contributed by atoms with E-state index in [1.165, 1.54) is 21.9 Å². The SMILES string of the molecule is c1ccc(N(c2ccccc2)c2ccc(-c3c(N(c4ccccc4)c4ccccc4)ccc4ccccc34)cc2)cc1. The molecule has 2 heteroatoms. The summed E-state index contributed by atoms with van der Waals surface area (Å²) in [5.41, 5.74) is 9.13. The predicted molar refractivity (Wildman–Crippen MR) is 179 cm³/mol. The summed E-state index contributed by atoms with van der Waals surface area (Å²) in [6, 6.07) is 64.4. The monoisotopic (exact) mass is 538 g/mol. The maximum Gasteiger partial charge on any atom is 0.0546 e. The van der Waals surface area contributed by atoms with Crippen LogP contribution in [0.2, 0.25) is 0 Å². The summed E-state index contributed by atoms with van der Waals surface area (Å²) in [6.45, 7) is 0. The minimum Gasteiger partial charge on any atom is -0.311 e. The van der Waals surface area contributed by atoms with Crippen molar-refractivity contribution in [3.05, 3.63) is 182 Å². The lowest BCUT2D eigenvalue weighted by Crippen LogP contribution is -2.11. The Balaban J connectivity index is 1.41. The van der Waals surface area contributed by atoms with Gasteiger partial charge in [0.25, 0.3) is 0 Å². The average Bonchev–Trinajstić information content (AvgIpc) is 3.07. The molecular formula is C40H30N2. The van der Waals surface area contributed by atoms with Crippen molar-refractivity contribution in [2.45, 2.75) is 0 Å². The van der Waals surface area contributed by atoms with Crippen molar-refractivity contribution in [1.29, 1.82) is 0 Å². The molecule has 0 radical (unpaired) electrons. The van der Waals surface area contributed by atoms with Crippen LogP contribution in [0.1, 0.15) is 0 Å². The first-order chi connectivity index (χ1) is 20.9. The summed E-state index contributed by atoms with van der Waals surface area (Å²) in [5, 5.41) is 2.44. The van der Waals surface area contributed by atoms with Gasteiger partial charge >= 0.3 is 0 Å². The lowest BCUT2D eigenvalue weighted by molar-refractivity contribution is 1.28. The highest BCUT2D eigenvalue weighted by molar-refractivity contribution is 6.05. The number of rotatable bonds is 7. The molecule has 0 heterocycles. The second-order valence-electron chi connectivity index (χ2n) is 10.2. The second kappa shape index (κ2) is 11.5. The maximum atomic E-state index is 2.36. The van der Waals surface area contributed by atoms with Crippen LogP contribution in [0.25, 0.3) is 21.9 Å². The van der Waals surface area contributed by atoms with Crippen LogP contribution < -0.4 is 9.80 Å². The van der Waals surface area contributed by atoms with Gasteiger partial charge in [0.05, 0.1) is 5.69 Å². The van der Waals surface area contributed by atoms with Crippen LogP contribution in [0.3, 0.4) is 0 Å². The fraction of sp³-hybridized carbons (Fsp3) is 0. The number of anilines is 6. The van der Waals surface area contributed by atoms with Crippen molar-refractivity contribution in [2.24, 2.45) is 0 Å². The van der Waals surface area contributed by atoms with Crippen molar-refractivity contribution in [3.8, 4) is 11.1 Å². The predicted octanol–water partition coefficient (Wildman–Crippen LogP) is 11.4. The van der Waals surface area contributed by atoms with Crippen LogP contribution in [0.5, 0.6) is 0 Å². The van der Waals surface area contributed by atoms with Crippen LogP contribution in [0.4, 0.5) is 34.1 Å². The molecule has 0 bridgehead atoms. The summed E-state index contributed by atoms with van der Waals surface area (Å²) < 4.78 is 0. The van der Waals surface area contributed by atoms with E-state index < -0.39 is 0 Å². The number of para-hydroxylation sites is 4. The van der Waals surface area contributed by atoms with Crippen LogP contribution in [-0.2, 0) is 0 Å². The summed E-state index contributed by atoms with van der Waals surface area (Å²) in [4.78, 5) is 4.66. The Bertz CT molecular complexity index is 1820. The Hall–Kier alpha value is -5.60. The Labute approximate surface area is 247 Å². The molecular weight excluding hydrogens is 508 g/mol. The summed E-state index contributed by atoms with van der Waals surface area (Å²) in [7, 11) is 0. The molecule has 2 nitrogen and oxygen atoms in total. The largest absolute Gasteiger partial charge is 0.311 e. The van der Waals surface area contributed by atoms with E-state index in [1.807, 2.05) is 0 Å². The number of hydrogen-bond donors (Lipinski definition) is 0. The lowest BCUT2D eigenvalue weighted by atomic mass is 9.94. The molecule has 0 aliphatic heterocycles. The van der Waals surface area contributed by atoms with Gasteiger partial charge in [0.1, 0.15) is 0 Å². The average molecular weight is 539 g/mol. The Morgan fingerprint density at radius 2 is 0.690 bits per heavy atom.